The normalized spacial score (nSPS) is 19.8. The molecule has 0 aliphatic carbocycles. The van der Waals surface area contributed by atoms with Crippen LogP contribution < -0.4 is 5.32 Å². The molecule has 24 heavy (non-hydrogen) atoms. The molecule has 1 unspecified atom stereocenters. The number of aliphatic imine (C=N–C) groups is 1. The van der Waals surface area contributed by atoms with Crippen LogP contribution in [0.1, 0.15) is 53.9 Å². The summed E-state index contributed by atoms with van der Waals surface area (Å²) < 4.78 is 0. The lowest BCUT2D eigenvalue weighted by Crippen LogP contribution is -2.46. The van der Waals surface area contributed by atoms with Gasteiger partial charge in [-0.1, -0.05) is 6.92 Å². The molecule has 0 radical (unpaired) electrons. The van der Waals surface area contributed by atoms with Crippen molar-refractivity contribution >= 4 is 5.96 Å². The van der Waals surface area contributed by atoms with Gasteiger partial charge in [-0.05, 0) is 60.0 Å². The van der Waals surface area contributed by atoms with Crippen molar-refractivity contribution in [1.82, 2.24) is 20.0 Å². The molecule has 1 fully saturated rings. The van der Waals surface area contributed by atoms with Crippen LogP contribution in [0.2, 0.25) is 0 Å². The standard InChI is InChI=1S/C19H41N5/c1-8-23-13-9-11-18(23)15-22(7)19(20-6)21-12-10-14-24(16(2)3)17(4)5/h16-18H,8-15H2,1-7H3,(H,20,21). The summed E-state index contributed by atoms with van der Waals surface area (Å²) in [5.74, 6) is 1.03. The molecule has 1 saturated heterocycles. The molecular formula is C19H41N5. The van der Waals surface area contributed by atoms with Crippen molar-refractivity contribution in [3.8, 4) is 0 Å². The minimum Gasteiger partial charge on any atom is -0.356 e. The maximum Gasteiger partial charge on any atom is 0.193 e. The van der Waals surface area contributed by atoms with Crippen LogP contribution in [0.4, 0.5) is 0 Å². The van der Waals surface area contributed by atoms with Gasteiger partial charge in [0, 0.05) is 51.9 Å². The number of rotatable bonds is 9. The van der Waals surface area contributed by atoms with E-state index in [-0.39, 0.29) is 0 Å². The molecular weight excluding hydrogens is 298 g/mol. The summed E-state index contributed by atoms with van der Waals surface area (Å²) in [4.78, 5) is 11.9. The summed E-state index contributed by atoms with van der Waals surface area (Å²) >= 11 is 0. The second-order valence-electron chi connectivity index (χ2n) is 7.56. The topological polar surface area (TPSA) is 34.1 Å². The first-order valence-electron chi connectivity index (χ1n) is 9.82. The van der Waals surface area contributed by atoms with E-state index in [9.17, 15) is 0 Å². The third-order valence-electron chi connectivity index (χ3n) is 5.17. The van der Waals surface area contributed by atoms with Crippen LogP contribution in [-0.2, 0) is 0 Å². The number of nitrogens with zero attached hydrogens (tertiary/aromatic N) is 4. The fourth-order valence-electron chi connectivity index (χ4n) is 3.88. The second kappa shape index (κ2) is 10.9. The van der Waals surface area contributed by atoms with Crippen LogP contribution >= 0.6 is 0 Å². The predicted octanol–water partition coefficient (Wildman–Crippen LogP) is 2.49. The molecule has 1 rings (SSSR count). The van der Waals surface area contributed by atoms with E-state index in [1.54, 1.807) is 0 Å². The van der Waals surface area contributed by atoms with E-state index in [1.807, 2.05) is 7.05 Å². The molecule has 142 valence electrons. The van der Waals surface area contributed by atoms with Gasteiger partial charge < -0.3 is 10.2 Å². The van der Waals surface area contributed by atoms with Gasteiger partial charge in [0.1, 0.15) is 0 Å². The maximum atomic E-state index is 4.47. The summed E-state index contributed by atoms with van der Waals surface area (Å²) in [5.41, 5.74) is 0. The first-order valence-corrected chi connectivity index (χ1v) is 9.82. The van der Waals surface area contributed by atoms with Crippen molar-refractivity contribution in [1.29, 1.82) is 0 Å². The zero-order valence-corrected chi connectivity index (χ0v) is 17.2. The average molecular weight is 340 g/mol. The van der Waals surface area contributed by atoms with Gasteiger partial charge in [0.05, 0.1) is 0 Å². The van der Waals surface area contributed by atoms with E-state index in [2.05, 4.69) is 66.7 Å². The van der Waals surface area contributed by atoms with E-state index >= 15 is 0 Å². The van der Waals surface area contributed by atoms with Crippen molar-refractivity contribution in [2.75, 3.05) is 46.8 Å². The molecule has 1 atom stereocenters. The Balaban J connectivity index is 2.36. The number of likely N-dealkylation sites (N-methyl/N-ethyl adjacent to an activating group) is 2. The Bertz CT molecular complexity index is 359. The van der Waals surface area contributed by atoms with Crippen molar-refractivity contribution in [3.63, 3.8) is 0 Å². The van der Waals surface area contributed by atoms with Gasteiger partial charge in [-0.25, -0.2) is 0 Å². The Morgan fingerprint density at radius 2 is 1.92 bits per heavy atom. The summed E-state index contributed by atoms with van der Waals surface area (Å²) in [6.45, 7) is 17.0. The number of hydrogen-bond donors (Lipinski definition) is 1. The Morgan fingerprint density at radius 3 is 2.46 bits per heavy atom. The van der Waals surface area contributed by atoms with E-state index in [0.29, 0.717) is 18.1 Å². The fourth-order valence-corrected chi connectivity index (χ4v) is 3.88. The third kappa shape index (κ3) is 6.60. The van der Waals surface area contributed by atoms with E-state index in [1.165, 1.54) is 19.4 Å². The minimum absolute atomic E-state index is 0.606. The molecule has 0 saturated carbocycles. The van der Waals surface area contributed by atoms with Crippen LogP contribution in [0.15, 0.2) is 4.99 Å². The maximum absolute atomic E-state index is 4.47. The highest BCUT2D eigenvalue weighted by molar-refractivity contribution is 5.79. The van der Waals surface area contributed by atoms with Crippen molar-refractivity contribution in [3.05, 3.63) is 0 Å². The Labute approximate surface area is 150 Å². The first kappa shape index (κ1) is 21.2. The van der Waals surface area contributed by atoms with E-state index in [0.717, 1.165) is 38.6 Å². The van der Waals surface area contributed by atoms with Gasteiger partial charge in [-0.15, -0.1) is 0 Å². The van der Waals surface area contributed by atoms with E-state index in [4.69, 9.17) is 0 Å². The molecule has 0 aromatic rings. The highest BCUT2D eigenvalue weighted by atomic mass is 15.3. The molecule has 0 spiro atoms. The molecule has 0 aromatic heterocycles. The molecule has 0 bridgehead atoms. The monoisotopic (exact) mass is 339 g/mol. The summed E-state index contributed by atoms with van der Waals surface area (Å²) in [7, 11) is 4.05. The lowest BCUT2D eigenvalue weighted by Gasteiger charge is -2.31. The highest BCUT2D eigenvalue weighted by Gasteiger charge is 2.24. The largest absolute Gasteiger partial charge is 0.356 e. The second-order valence-corrected chi connectivity index (χ2v) is 7.56. The summed E-state index contributed by atoms with van der Waals surface area (Å²) in [5, 5.41) is 3.54. The van der Waals surface area contributed by atoms with Gasteiger partial charge in [-0.3, -0.25) is 14.8 Å². The predicted molar refractivity (Wildman–Crippen MR) is 106 cm³/mol. The molecule has 1 aliphatic rings. The Hall–Kier alpha value is -0.810. The van der Waals surface area contributed by atoms with Gasteiger partial charge in [0.2, 0.25) is 0 Å². The number of nitrogens with one attached hydrogen (secondary N) is 1. The third-order valence-corrected chi connectivity index (χ3v) is 5.17. The van der Waals surface area contributed by atoms with Gasteiger partial charge in [-0.2, -0.15) is 0 Å². The van der Waals surface area contributed by atoms with Crippen LogP contribution in [0, 0.1) is 0 Å². The highest BCUT2D eigenvalue weighted by Crippen LogP contribution is 2.17. The smallest absolute Gasteiger partial charge is 0.193 e. The van der Waals surface area contributed by atoms with Crippen molar-refractivity contribution in [2.24, 2.45) is 4.99 Å². The number of guanidine groups is 1. The van der Waals surface area contributed by atoms with Crippen LogP contribution in [0.3, 0.4) is 0 Å². The lowest BCUT2D eigenvalue weighted by molar-refractivity contribution is 0.173. The molecule has 5 heteroatoms. The molecule has 0 aromatic carbocycles. The lowest BCUT2D eigenvalue weighted by atomic mass is 10.2. The van der Waals surface area contributed by atoms with Crippen LogP contribution in [0.25, 0.3) is 0 Å². The number of likely N-dealkylation sites (tertiary alicyclic amines) is 1. The van der Waals surface area contributed by atoms with Gasteiger partial charge in [0.25, 0.3) is 0 Å². The molecule has 0 amide bonds. The van der Waals surface area contributed by atoms with Crippen molar-refractivity contribution < 1.29 is 0 Å². The molecule has 1 heterocycles. The van der Waals surface area contributed by atoms with Gasteiger partial charge >= 0.3 is 0 Å². The number of hydrogen-bond acceptors (Lipinski definition) is 3. The molecule has 1 N–H and O–H groups in total. The zero-order valence-electron chi connectivity index (χ0n) is 17.2. The Morgan fingerprint density at radius 1 is 1.25 bits per heavy atom. The quantitative estimate of drug-likeness (QED) is 0.398. The molecule has 5 nitrogen and oxygen atoms in total. The average Bonchev–Trinajstić information content (AvgIpc) is 2.97. The summed E-state index contributed by atoms with van der Waals surface area (Å²) in [6, 6.07) is 1.89. The van der Waals surface area contributed by atoms with Crippen LogP contribution in [-0.4, -0.2) is 85.6 Å². The van der Waals surface area contributed by atoms with E-state index < -0.39 is 0 Å². The fraction of sp³-hybridized carbons (Fsp3) is 0.947. The first-order chi connectivity index (χ1) is 11.4. The Kier molecular flexibility index (Phi) is 9.67. The van der Waals surface area contributed by atoms with Crippen LogP contribution in [0.5, 0.6) is 0 Å². The SMILES string of the molecule is CCN1CCCC1CN(C)C(=NC)NCCCN(C(C)C)C(C)C. The molecule has 1 aliphatic heterocycles. The van der Waals surface area contributed by atoms with Gasteiger partial charge in [0.15, 0.2) is 5.96 Å². The minimum atomic E-state index is 0.606. The zero-order chi connectivity index (χ0) is 18.1. The van der Waals surface area contributed by atoms with Crippen molar-refractivity contribution in [2.45, 2.75) is 72.0 Å². The summed E-state index contributed by atoms with van der Waals surface area (Å²) in [6.07, 6.45) is 3.79.